The maximum atomic E-state index is 11.8. The molecule has 0 atom stereocenters. The smallest absolute Gasteiger partial charge is 0.391 e. The topological polar surface area (TPSA) is 44.5 Å². The van der Waals surface area contributed by atoms with Gasteiger partial charge in [-0.25, -0.2) is 0 Å². The first-order chi connectivity index (χ1) is 8.47. The van der Waals surface area contributed by atoms with E-state index >= 15 is 0 Å². The van der Waals surface area contributed by atoms with Crippen LogP contribution in [-0.4, -0.2) is 26.0 Å². The molecule has 0 aliphatic heterocycles. The number of alkyl halides is 3. The van der Waals surface area contributed by atoms with Crippen LogP contribution in [0, 0.1) is 0 Å². The van der Waals surface area contributed by atoms with Crippen molar-refractivity contribution in [3.05, 3.63) is 24.3 Å². The highest BCUT2D eigenvalue weighted by atomic mass is 19.4. The Hall–Kier alpha value is -1.43. The third-order valence-electron chi connectivity index (χ3n) is 2.11. The summed E-state index contributed by atoms with van der Waals surface area (Å²) in [6.07, 6.45) is -4.52. The average molecular weight is 263 g/mol. The number of benzene rings is 1. The summed E-state index contributed by atoms with van der Waals surface area (Å²) in [4.78, 5) is 0. The second kappa shape index (κ2) is 7.10. The second-order valence-electron chi connectivity index (χ2n) is 3.75. The van der Waals surface area contributed by atoms with E-state index in [2.05, 4.69) is 0 Å². The van der Waals surface area contributed by atoms with Gasteiger partial charge in [-0.3, -0.25) is 0 Å². The second-order valence-corrected chi connectivity index (χ2v) is 3.75. The van der Waals surface area contributed by atoms with Crippen LogP contribution >= 0.6 is 0 Å². The molecule has 0 aliphatic carbocycles. The molecule has 0 aliphatic rings. The van der Waals surface area contributed by atoms with Crippen molar-refractivity contribution in [1.29, 1.82) is 0 Å². The van der Waals surface area contributed by atoms with Gasteiger partial charge < -0.3 is 15.2 Å². The summed E-state index contributed by atoms with van der Waals surface area (Å²) in [5.41, 5.74) is 6.15. The van der Waals surface area contributed by atoms with Gasteiger partial charge in [0.15, 0.2) is 0 Å². The van der Waals surface area contributed by atoms with E-state index in [0.29, 0.717) is 24.5 Å². The molecule has 0 saturated carbocycles. The summed E-state index contributed by atoms with van der Waals surface area (Å²) in [6, 6.07) is 6.91. The molecular weight excluding hydrogens is 247 g/mol. The monoisotopic (exact) mass is 263 g/mol. The van der Waals surface area contributed by atoms with Crippen LogP contribution in [0.1, 0.15) is 12.8 Å². The zero-order valence-electron chi connectivity index (χ0n) is 9.87. The fourth-order valence-electron chi connectivity index (χ4n) is 1.21. The molecule has 102 valence electrons. The zero-order valence-corrected chi connectivity index (χ0v) is 9.87. The van der Waals surface area contributed by atoms with Gasteiger partial charge >= 0.3 is 6.18 Å². The van der Waals surface area contributed by atoms with Crippen LogP contribution in [0.2, 0.25) is 0 Å². The standard InChI is InChI=1S/C12H16F3NO2/c13-12(14,15)6-9-17-7-1-8-18-11-4-2-10(16)3-5-11/h2-5H,1,6-9,16H2. The number of ether oxygens (including phenoxy) is 2. The molecule has 0 spiro atoms. The van der Waals surface area contributed by atoms with E-state index < -0.39 is 12.6 Å². The molecule has 6 heteroatoms. The lowest BCUT2D eigenvalue weighted by molar-refractivity contribution is -0.145. The number of rotatable bonds is 7. The van der Waals surface area contributed by atoms with Crippen LogP contribution in [0.15, 0.2) is 24.3 Å². The summed E-state index contributed by atoms with van der Waals surface area (Å²) in [5.74, 6) is 0.680. The summed E-state index contributed by atoms with van der Waals surface area (Å²) in [7, 11) is 0. The minimum absolute atomic E-state index is 0.255. The van der Waals surface area contributed by atoms with E-state index in [1.807, 2.05) is 0 Å². The van der Waals surface area contributed by atoms with Crippen molar-refractivity contribution >= 4 is 5.69 Å². The molecule has 2 N–H and O–H groups in total. The van der Waals surface area contributed by atoms with Crippen LogP contribution in [0.25, 0.3) is 0 Å². The van der Waals surface area contributed by atoms with E-state index in [4.69, 9.17) is 15.2 Å². The fourth-order valence-corrected chi connectivity index (χ4v) is 1.21. The Morgan fingerprint density at radius 1 is 1.00 bits per heavy atom. The molecule has 0 heterocycles. The zero-order chi connectivity index (χ0) is 13.4. The minimum Gasteiger partial charge on any atom is -0.494 e. The van der Waals surface area contributed by atoms with Crippen molar-refractivity contribution < 1.29 is 22.6 Å². The average Bonchev–Trinajstić information content (AvgIpc) is 2.29. The van der Waals surface area contributed by atoms with Gasteiger partial charge in [-0.15, -0.1) is 0 Å². The molecule has 1 rings (SSSR count). The minimum atomic E-state index is -4.15. The molecule has 18 heavy (non-hydrogen) atoms. The van der Waals surface area contributed by atoms with Gasteiger partial charge in [0.25, 0.3) is 0 Å². The number of nitrogen functional groups attached to an aromatic ring is 1. The molecule has 0 fully saturated rings. The third-order valence-corrected chi connectivity index (χ3v) is 2.11. The molecular formula is C12H16F3NO2. The molecule has 0 aromatic heterocycles. The lowest BCUT2D eigenvalue weighted by Crippen LogP contribution is -2.12. The van der Waals surface area contributed by atoms with Crippen molar-refractivity contribution in [1.82, 2.24) is 0 Å². The maximum absolute atomic E-state index is 11.8. The molecule has 0 amide bonds. The maximum Gasteiger partial charge on any atom is 0.391 e. The van der Waals surface area contributed by atoms with E-state index in [0.717, 1.165) is 0 Å². The predicted molar refractivity (Wildman–Crippen MR) is 62.5 cm³/mol. The normalized spacial score (nSPS) is 11.5. The van der Waals surface area contributed by atoms with Gasteiger partial charge in [0.05, 0.1) is 19.6 Å². The van der Waals surface area contributed by atoms with Crippen LogP contribution in [0.4, 0.5) is 18.9 Å². The van der Waals surface area contributed by atoms with Crippen molar-refractivity contribution in [2.24, 2.45) is 0 Å². The molecule has 0 radical (unpaired) electrons. The Kier molecular flexibility index (Phi) is 5.77. The quantitative estimate of drug-likeness (QED) is 0.607. The Bertz CT molecular complexity index is 338. The predicted octanol–water partition coefficient (Wildman–Crippen LogP) is 3.01. The first-order valence-electron chi connectivity index (χ1n) is 5.60. The molecule has 0 bridgehead atoms. The molecule has 3 nitrogen and oxygen atoms in total. The summed E-state index contributed by atoms with van der Waals surface area (Å²) in [6.45, 7) is 0.354. The van der Waals surface area contributed by atoms with Gasteiger partial charge in [-0.2, -0.15) is 13.2 Å². The van der Waals surface area contributed by atoms with Gasteiger partial charge in [0.1, 0.15) is 5.75 Å². The Balaban J connectivity index is 2.00. The van der Waals surface area contributed by atoms with Crippen molar-refractivity contribution in [3.63, 3.8) is 0 Å². The SMILES string of the molecule is Nc1ccc(OCCCOCCC(F)(F)F)cc1. The first-order valence-corrected chi connectivity index (χ1v) is 5.60. The fraction of sp³-hybridized carbons (Fsp3) is 0.500. The van der Waals surface area contributed by atoms with E-state index in [1.165, 1.54) is 0 Å². The first kappa shape index (κ1) is 14.6. The van der Waals surface area contributed by atoms with Gasteiger partial charge in [-0.1, -0.05) is 0 Å². The Morgan fingerprint density at radius 3 is 2.28 bits per heavy atom. The molecule has 0 saturated heterocycles. The number of halogens is 3. The van der Waals surface area contributed by atoms with Crippen molar-refractivity contribution in [2.75, 3.05) is 25.6 Å². The molecule has 0 unspecified atom stereocenters. The lowest BCUT2D eigenvalue weighted by atomic mass is 10.3. The van der Waals surface area contributed by atoms with Crippen LogP contribution in [0.5, 0.6) is 5.75 Å². The Morgan fingerprint density at radius 2 is 1.67 bits per heavy atom. The molecule has 1 aromatic rings. The number of hydrogen-bond acceptors (Lipinski definition) is 3. The van der Waals surface area contributed by atoms with Gasteiger partial charge in [0.2, 0.25) is 0 Å². The van der Waals surface area contributed by atoms with E-state index in [-0.39, 0.29) is 13.2 Å². The van der Waals surface area contributed by atoms with Crippen LogP contribution < -0.4 is 10.5 Å². The highest BCUT2D eigenvalue weighted by Crippen LogP contribution is 2.19. The van der Waals surface area contributed by atoms with Crippen molar-refractivity contribution in [3.8, 4) is 5.75 Å². The van der Waals surface area contributed by atoms with Crippen LogP contribution in [-0.2, 0) is 4.74 Å². The van der Waals surface area contributed by atoms with Crippen molar-refractivity contribution in [2.45, 2.75) is 19.0 Å². The van der Waals surface area contributed by atoms with E-state index in [1.54, 1.807) is 24.3 Å². The molecule has 1 aromatic carbocycles. The number of hydrogen-bond donors (Lipinski definition) is 1. The summed E-state index contributed by atoms with van der Waals surface area (Å²) in [5, 5.41) is 0. The van der Waals surface area contributed by atoms with Gasteiger partial charge in [0, 0.05) is 18.7 Å². The number of anilines is 1. The largest absolute Gasteiger partial charge is 0.494 e. The van der Waals surface area contributed by atoms with E-state index in [9.17, 15) is 13.2 Å². The van der Waals surface area contributed by atoms with Crippen LogP contribution in [0.3, 0.4) is 0 Å². The third kappa shape index (κ3) is 7.01. The highest BCUT2D eigenvalue weighted by molar-refractivity contribution is 5.41. The lowest BCUT2D eigenvalue weighted by Gasteiger charge is -2.08. The Labute approximate surface area is 104 Å². The summed E-state index contributed by atoms with van der Waals surface area (Å²) < 4.78 is 45.5. The highest BCUT2D eigenvalue weighted by Gasteiger charge is 2.26. The summed E-state index contributed by atoms with van der Waals surface area (Å²) >= 11 is 0. The number of nitrogens with two attached hydrogens (primary N) is 1. The van der Waals surface area contributed by atoms with Gasteiger partial charge in [-0.05, 0) is 24.3 Å².